The lowest BCUT2D eigenvalue weighted by atomic mass is 9.88. The van der Waals surface area contributed by atoms with Crippen LogP contribution in [0.3, 0.4) is 0 Å². The van der Waals surface area contributed by atoms with E-state index in [-0.39, 0.29) is 11.3 Å². The maximum absolute atomic E-state index is 12.1. The third-order valence-corrected chi connectivity index (χ3v) is 3.20. The van der Waals surface area contributed by atoms with Crippen LogP contribution in [0.1, 0.15) is 35.3 Å². The van der Waals surface area contributed by atoms with Crippen LogP contribution in [0.15, 0.2) is 29.9 Å². The van der Waals surface area contributed by atoms with Crippen LogP contribution >= 0.6 is 0 Å². The number of aliphatic hydroxyl groups is 1. The van der Waals surface area contributed by atoms with Gasteiger partial charge in [-0.05, 0) is 32.4 Å². The number of allylic oxidation sites excluding steroid dienone is 3. The number of fused-ring (bicyclic) bond motifs is 1. The van der Waals surface area contributed by atoms with E-state index in [1.54, 1.807) is 12.1 Å². The molecule has 104 valence electrons. The summed E-state index contributed by atoms with van der Waals surface area (Å²) in [7, 11) is 1.51. The number of hydrogen-bond acceptors (Lipinski definition) is 4. The molecule has 2 rings (SSSR count). The van der Waals surface area contributed by atoms with Gasteiger partial charge in [0.05, 0.1) is 7.11 Å². The fourth-order valence-electron chi connectivity index (χ4n) is 2.19. The van der Waals surface area contributed by atoms with Gasteiger partial charge in [-0.2, -0.15) is 0 Å². The van der Waals surface area contributed by atoms with Gasteiger partial charge in [0.1, 0.15) is 11.5 Å². The molecule has 0 amide bonds. The second-order valence-electron chi connectivity index (χ2n) is 4.88. The first kappa shape index (κ1) is 14.1. The minimum Gasteiger partial charge on any atom is -0.507 e. The molecule has 0 atom stereocenters. The van der Waals surface area contributed by atoms with Crippen molar-refractivity contribution in [3.8, 4) is 5.75 Å². The predicted molar refractivity (Wildman–Crippen MR) is 76.1 cm³/mol. The summed E-state index contributed by atoms with van der Waals surface area (Å²) in [5.41, 5.74) is 2.35. The Bertz CT molecular complexity index is 647. The quantitative estimate of drug-likeness (QED) is 0.679. The number of benzene rings is 1. The smallest absolute Gasteiger partial charge is 0.234 e. The summed E-state index contributed by atoms with van der Waals surface area (Å²) >= 11 is 0. The average molecular weight is 272 g/mol. The Balaban J connectivity index is 2.68. The van der Waals surface area contributed by atoms with Crippen LogP contribution in [0.25, 0.3) is 5.76 Å². The highest BCUT2D eigenvalue weighted by Crippen LogP contribution is 2.32. The first-order chi connectivity index (χ1) is 9.45. The highest BCUT2D eigenvalue weighted by atomic mass is 16.5. The summed E-state index contributed by atoms with van der Waals surface area (Å²) in [6.45, 7) is 3.90. The van der Waals surface area contributed by atoms with Crippen LogP contribution in [0, 0.1) is 0 Å². The van der Waals surface area contributed by atoms with Crippen molar-refractivity contribution in [3.63, 3.8) is 0 Å². The van der Waals surface area contributed by atoms with Crippen molar-refractivity contribution in [3.05, 3.63) is 46.5 Å². The van der Waals surface area contributed by atoms with Crippen LogP contribution < -0.4 is 4.74 Å². The fourth-order valence-corrected chi connectivity index (χ4v) is 2.19. The molecule has 0 aromatic heterocycles. The van der Waals surface area contributed by atoms with Crippen molar-refractivity contribution in [1.29, 1.82) is 0 Å². The molecule has 0 spiro atoms. The van der Waals surface area contributed by atoms with Crippen molar-refractivity contribution >= 4 is 17.3 Å². The largest absolute Gasteiger partial charge is 0.507 e. The lowest BCUT2D eigenvalue weighted by Gasteiger charge is -2.18. The molecule has 1 aromatic carbocycles. The molecule has 4 heteroatoms. The number of aliphatic hydroxyl groups excluding tert-OH is 1. The summed E-state index contributed by atoms with van der Waals surface area (Å²) in [4.78, 5) is 23.7. The van der Waals surface area contributed by atoms with Gasteiger partial charge in [-0.15, -0.1) is 0 Å². The van der Waals surface area contributed by atoms with E-state index in [1.165, 1.54) is 7.11 Å². The lowest BCUT2D eigenvalue weighted by Crippen LogP contribution is -2.21. The van der Waals surface area contributed by atoms with Gasteiger partial charge < -0.3 is 9.84 Å². The molecule has 1 aliphatic carbocycles. The monoisotopic (exact) mass is 272 g/mol. The molecule has 0 heterocycles. The molecule has 0 bridgehead atoms. The Labute approximate surface area is 117 Å². The van der Waals surface area contributed by atoms with Crippen LogP contribution in [0.4, 0.5) is 0 Å². The SMILES string of the molecule is COc1ccc2c(c1CC=C(C)C)C(=O)C(=O)C=C2O. The van der Waals surface area contributed by atoms with E-state index in [9.17, 15) is 14.7 Å². The molecule has 1 N–H and O–H groups in total. The lowest BCUT2D eigenvalue weighted by molar-refractivity contribution is -0.111. The van der Waals surface area contributed by atoms with Crippen molar-refractivity contribution < 1.29 is 19.4 Å². The van der Waals surface area contributed by atoms with Gasteiger partial charge >= 0.3 is 0 Å². The Morgan fingerprint density at radius 2 is 2.00 bits per heavy atom. The van der Waals surface area contributed by atoms with Gasteiger partial charge in [-0.25, -0.2) is 0 Å². The topological polar surface area (TPSA) is 63.6 Å². The highest BCUT2D eigenvalue weighted by molar-refractivity contribution is 6.50. The van der Waals surface area contributed by atoms with Crippen LogP contribution in [0.5, 0.6) is 5.75 Å². The molecule has 0 fully saturated rings. The average Bonchev–Trinajstić information content (AvgIpc) is 2.41. The molecule has 20 heavy (non-hydrogen) atoms. The second-order valence-corrected chi connectivity index (χ2v) is 4.88. The molecule has 0 saturated heterocycles. The molecule has 1 aliphatic rings. The molecular weight excluding hydrogens is 256 g/mol. The normalized spacial score (nSPS) is 13.7. The number of methoxy groups -OCH3 is 1. The third-order valence-electron chi connectivity index (χ3n) is 3.20. The number of carbonyl (C=O) groups excluding carboxylic acids is 2. The summed E-state index contributed by atoms with van der Waals surface area (Å²) in [6, 6.07) is 3.29. The summed E-state index contributed by atoms with van der Waals surface area (Å²) < 4.78 is 5.27. The maximum Gasteiger partial charge on any atom is 0.234 e. The van der Waals surface area contributed by atoms with E-state index in [1.807, 2.05) is 19.9 Å². The fraction of sp³-hybridized carbons (Fsp3) is 0.250. The van der Waals surface area contributed by atoms with Gasteiger partial charge in [0.25, 0.3) is 0 Å². The maximum atomic E-state index is 12.1. The van der Waals surface area contributed by atoms with Crippen LogP contribution in [0.2, 0.25) is 0 Å². The number of hydrogen-bond donors (Lipinski definition) is 1. The standard InChI is InChI=1S/C16H16O4/c1-9(2)4-5-11-14(20-3)7-6-10-12(17)8-13(18)16(19)15(10)11/h4,6-8,17H,5H2,1-3H3. The zero-order chi connectivity index (χ0) is 14.9. The third kappa shape index (κ3) is 2.37. The van der Waals surface area contributed by atoms with Crippen molar-refractivity contribution in [1.82, 2.24) is 0 Å². The molecule has 0 radical (unpaired) electrons. The van der Waals surface area contributed by atoms with E-state index >= 15 is 0 Å². The summed E-state index contributed by atoms with van der Waals surface area (Å²) in [6.07, 6.45) is 3.38. The molecule has 1 aromatic rings. The first-order valence-corrected chi connectivity index (χ1v) is 6.28. The van der Waals surface area contributed by atoms with E-state index < -0.39 is 11.6 Å². The van der Waals surface area contributed by atoms with Crippen molar-refractivity contribution in [2.24, 2.45) is 0 Å². The number of Topliss-reactive ketones (excluding diaryl/α,β-unsaturated/α-hetero) is 1. The van der Waals surface area contributed by atoms with Gasteiger partial charge in [0.2, 0.25) is 11.6 Å². The minimum atomic E-state index is -0.707. The molecule has 4 nitrogen and oxygen atoms in total. The first-order valence-electron chi connectivity index (χ1n) is 6.28. The zero-order valence-corrected chi connectivity index (χ0v) is 11.7. The molecular formula is C16H16O4. The number of carbonyl (C=O) groups is 2. The minimum absolute atomic E-state index is 0.175. The van der Waals surface area contributed by atoms with E-state index in [4.69, 9.17) is 4.74 Å². The predicted octanol–water partition coefficient (Wildman–Crippen LogP) is 2.87. The Hall–Kier alpha value is -2.36. The molecule has 0 aliphatic heterocycles. The number of ether oxygens (including phenoxy) is 1. The second kappa shape index (κ2) is 5.33. The van der Waals surface area contributed by atoms with Crippen molar-refractivity contribution in [2.45, 2.75) is 20.3 Å². The molecule has 0 saturated carbocycles. The van der Waals surface area contributed by atoms with Crippen molar-refractivity contribution in [2.75, 3.05) is 7.11 Å². The van der Waals surface area contributed by atoms with Gasteiger partial charge in [-0.1, -0.05) is 11.6 Å². The molecule has 0 unspecified atom stereocenters. The number of ketones is 2. The van der Waals surface area contributed by atoms with E-state index in [0.717, 1.165) is 11.6 Å². The van der Waals surface area contributed by atoms with Gasteiger partial charge in [0, 0.05) is 22.8 Å². The Morgan fingerprint density at radius 1 is 1.30 bits per heavy atom. The highest BCUT2D eigenvalue weighted by Gasteiger charge is 2.29. The van der Waals surface area contributed by atoms with Crippen LogP contribution in [-0.4, -0.2) is 23.8 Å². The van der Waals surface area contributed by atoms with E-state index in [0.29, 0.717) is 23.3 Å². The number of rotatable bonds is 3. The van der Waals surface area contributed by atoms with E-state index in [2.05, 4.69) is 0 Å². The van der Waals surface area contributed by atoms with Gasteiger partial charge in [0.15, 0.2) is 0 Å². The zero-order valence-electron chi connectivity index (χ0n) is 11.7. The Morgan fingerprint density at radius 3 is 2.60 bits per heavy atom. The summed E-state index contributed by atoms with van der Waals surface area (Å²) in [5.74, 6) is -0.946. The summed E-state index contributed by atoms with van der Waals surface area (Å²) in [5, 5.41) is 9.85. The van der Waals surface area contributed by atoms with Gasteiger partial charge in [-0.3, -0.25) is 9.59 Å². The Kier molecular flexibility index (Phi) is 3.74. The van der Waals surface area contributed by atoms with Crippen LogP contribution in [-0.2, 0) is 11.2 Å².